The summed E-state index contributed by atoms with van der Waals surface area (Å²) in [5.41, 5.74) is 1.18. The summed E-state index contributed by atoms with van der Waals surface area (Å²) < 4.78 is 0. The van der Waals surface area contributed by atoms with Crippen LogP contribution < -0.4 is 5.32 Å². The second-order valence-corrected chi connectivity index (χ2v) is 5.10. The molecule has 0 heterocycles. The van der Waals surface area contributed by atoms with Crippen LogP contribution in [0.5, 0.6) is 0 Å². The smallest absolute Gasteiger partial charge is 0.251 e. The summed E-state index contributed by atoms with van der Waals surface area (Å²) in [4.78, 5) is 23.6. The third-order valence-corrected chi connectivity index (χ3v) is 3.43. The third-order valence-electron chi connectivity index (χ3n) is 3.43. The molecule has 1 rings (SSSR count). The summed E-state index contributed by atoms with van der Waals surface area (Å²) >= 11 is 0. The first-order chi connectivity index (χ1) is 9.69. The minimum Gasteiger partial charge on any atom is -0.355 e. The number of hydrogen-bond donors (Lipinski definition) is 1. The van der Waals surface area contributed by atoms with Crippen LogP contribution in [0.25, 0.3) is 0 Å². The van der Waals surface area contributed by atoms with E-state index in [1.807, 2.05) is 0 Å². The van der Waals surface area contributed by atoms with Gasteiger partial charge in [-0.05, 0) is 18.6 Å². The van der Waals surface area contributed by atoms with Gasteiger partial charge >= 0.3 is 0 Å². The van der Waals surface area contributed by atoms with Crippen LogP contribution >= 0.6 is 0 Å². The highest BCUT2D eigenvalue weighted by atomic mass is 16.1. The summed E-state index contributed by atoms with van der Waals surface area (Å²) in [6.07, 6.45) is 7.61. The fraction of sp³-hybridized carbons (Fsp3) is 0.529. The average Bonchev–Trinajstić information content (AvgIpc) is 2.49. The molecule has 0 radical (unpaired) electrons. The minimum atomic E-state index is -0.154. The Morgan fingerprint density at radius 1 is 1.00 bits per heavy atom. The molecular weight excluding hydrogens is 250 g/mol. The van der Waals surface area contributed by atoms with Crippen LogP contribution in [0.1, 0.15) is 72.6 Å². The molecule has 0 saturated carbocycles. The summed E-state index contributed by atoms with van der Waals surface area (Å²) in [5, 5.41) is 2.57. The third kappa shape index (κ3) is 5.55. The molecule has 0 aliphatic rings. The Balaban J connectivity index is 2.41. The number of carbonyl (C=O) groups excluding carboxylic acids is 2. The fourth-order valence-electron chi connectivity index (χ4n) is 2.19. The van der Waals surface area contributed by atoms with Crippen LogP contribution in [0.2, 0.25) is 0 Å². The summed E-state index contributed by atoms with van der Waals surface area (Å²) in [6, 6.07) is 6.95. The topological polar surface area (TPSA) is 46.2 Å². The lowest BCUT2D eigenvalue weighted by Gasteiger charge is -2.04. The van der Waals surface area contributed by atoms with Gasteiger partial charge in [-0.2, -0.15) is 0 Å². The minimum absolute atomic E-state index is 0.131. The first kappa shape index (κ1) is 16.4. The molecular formula is C17H25NO2. The number of benzene rings is 1. The Kier molecular flexibility index (Phi) is 7.63. The molecule has 1 aromatic carbocycles. The molecule has 1 N–H and O–H groups in total. The molecule has 0 aliphatic heterocycles. The van der Waals surface area contributed by atoms with Crippen molar-refractivity contribution in [2.75, 3.05) is 7.05 Å². The van der Waals surface area contributed by atoms with Crippen molar-refractivity contribution in [1.82, 2.24) is 5.32 Å². The molecule has 0 unspecified atom stereocenters. The Hall–Kier alpha value is -1.64. The number of rotatable bonds is 9. The predicted molar refractivity (Wildman–Crippen MR) is 82.2 cm³/mol. The van der Waals surface area contributed by atoms with E-state index < -0.39 is 0 Å². The van der Waals surface area contributed by atoms with E-state index in [1.54, 1.807) is 31.3 Å². The van der Waals surface area contributed by atoms with Crippen molar-refractivity contribution >= 4 is 11.7 Å². The molecule has 0 spiro atoms. The summed E-state index contributed by atoms with van der Waals surface area (Å²) in [5.74, 6) is -0.0227. The zero-order valence-electron chi connectivity index (χ0n) is 12.6. The van der Waals surface area contributed by atoms with Crippen LogP contribution in [0.4, 0.5) is 0 Å². The average molecular weight is 275 g/mol. The fourth-order valence-corrected chi connectivity index (χ4v) is 2.19. The maximum atomic E-state index is 12.1. The number of hydrogen-bond acceptors (Lipinski definition) is 2. The van der Waals surface area contributed by atoms with Crippen molar-refractivity contribution in [1.29, 1.82) is 0 Å². The van der Waals surface area contributed by atoms with Crippen LogP contribution in [0, 0.1) is 0 Å². The van der Waals surface area contributed by atoms with Gasteiger partial charge in [0.15, 0.2) is 5.78 Å². The molecule has 0 saturated heterocycles. The molecule has 1 amide bonds. The van der Waals surface area contributed by atoms with Gasteiger partial charge in [-0.15, -0.1) is 0 Å². The van der Waals surface area contributed by atoms with E-state index in [0.717, 1.165) is 12.8 Å². The highest BCUT2D eigenvalue weighted by molar-refractivity contribution is 6.00. The molecule has 3 nitrogen and oxygen atoms in total. The van der Waals surface area contributed by atoms with Crippen molar-refractivity contribution in [3.05, 3.63) is 35.4 Å². The first-order valence-electron chi connectivity index (χ1n) is 7.54. The number of amides is 1. The number of ketones is 1. The predicted octanol–water partition coefficient (Wildman–Crippen LogP) is 3.98. The van der Waals surface area contributed by atoms with E-state index in [1.165, 1.54) is 25.7 Å². The largest absolute Gasteiger partial charge is 0.355 e. The van der Waals surface area contributed by atoms with Gasteiger partial charge < -0.3 is 5.32 Å². The van der Waals surface area contributed by atoms with Gasteiger partial charge in [-0.25, -0.2) is 0 Å². The van der Waals surface area contributed by atoms with Gasteiger partial charge in [0.25, 0.3) is 5.91 Å². The Labute approximate surface area is 121 Å². The Morgan fingerprint density at radius 2 is 1.65 bits per heavy atom. The molecule has 1 aromatic rings. The highest BCUT2D eigenvalue weighted by Crippen LogP contribution is 2.12. The second kappa shape index (κ2) is 9.29. The van der Waals surface area contributed by atoms with Crippen LogP contribution in [0.3, 0.4) is 0 Å². The maximum absolute atomic E-state index is 12.1. The van der Waals surface area contributed by atoms with Crippen LogP contribution in [-0.2, 0) is 0 Å². The van der Waals surface area contributed by atoms with Crippen molar-refractivity contribution in [2.24, 2.45) is 0 Å². The standard InChI is InChI=1S/C17H25NO2/c1-3-4-5-6-7-8-12-16(19)14-10-9-11-15(13-14)17(20)18-2/h9-11,13H,3-8,12H2,1-2H3,(H,18,20). The number of unbranched alkanes of at least 4 members (excludes halogenated alkanes) is 5. The zero-order valence-corrected chi connectivity index (χ0v) is 12.6. The number of Topliss-reactive ketones (excluding diaryl/α,β-unsaturated/α-hetero) is 1. The quantitative estimate of drug-likeness (QED) is 0.547. The van der Waals surface area contributed by atoms with E-state index in [-0.39, 0.29) is 11.7 Å². The first-order valence-corrected chi connectivity index (χ1v) is 7.54. The highest BCUT2D eigenvalue weighted by Gasteiger charge is 2.09. The normalized spacial score (nSPS) is 10.3. The molecule has 0 bridgehead atoms. The van der Waals surface area contributed by atoms with E-state index >= 15 is 0 Å². The molecule has 0 atom stereocenters. The summed E-state index contributed by atoms with van der Waals surface area (Å²) in [7, 11) is 1.59. The lowest BCUT2D eigenvalue weighted by Crippen LogP contribution is -2.18. The lowest BCUT2D eigenvalue weighted by atomic mass is 10.0. The van der Waals surface area contributed by atoms with Gasteiger partial charge in [0.05, 0.1) is 0 Å². The van der Waals surface area contributed by atoms with Crippen molar-refractivity contribution in [3.63, 3.8) is 0 Å². The Bertz CT molecular complexity index is 440. The van der Waals surface area contributed by atoms with E-state index in [0.29, 0.717) is 17.5 Å². The molecule has 3 heteroatoms. The number of nitrogens with one attached hydrogen (secondary N) is 1. The van der Waals surface area contributed by atoms with E-state index in [2.05, 4.69) is 12.2 Å². The molecule has 0 aliphatic carbocycles. The van der Waals surface area contributed by atoms with Gasteiger partial charge in [0.1, 0.15) is 0 Å². The second-order valence-electron chi connectivity index (χ2n) is 5.10. The van der Waals surface area contributed by atoms with E-state index in [9.17, 15) is 9.59 Å². The molecule has 110 valence electrons. The lowest BCUT2D eigenvalue weighted by molar-refractivity contribution is 0.0963. The van der Waals surface area contributed by atoms with Crippen molar-refractivity contribution in [3.8, 4) is 0 Å². The molecule has 0 fully saturated rings. The van der Waals surface area contributed by atoms with Crippen molar-refractivity contribution < 1.29 is 9.59 Å². The zero-order chi connectivity index (χ0) is 14.8. The monoisotopic (exact) mass is 275 g/mol. The summed E-state index contributed by atoms with van der Waals surface area (Å²) in [6.45, 7) is 2.20. The van der Waals surface area contributed by atoms with Gasteiger partial charge in [-0.3, -0.25) is 9.59 Å². The maximum Gasteiger partial charge on any atom is 0.251 e. The molecule has 0 aromatic heterocycles. The van der Waals surface area contributed by atoms with Crippen LogP contribution in [0.15, 0.2) is 24.3 Å². The van der Waals surface area contributed by atoms with Gasteiger partial charge in [0, 0.05) is 24.6 Å². The van der Waals surface area contributed by atoms with E-state index in [4.69, 9.17) is 0 Å². The van der Waals surface area contributed by atoms with Gasteiger partial charge in [-0.1, -0.05) is 51.2 Å². The Morgan fingerprint density at radius 3 is 2.35 bits per heavy atom. The van der Waals surface area contributed by atoms with Crippen LogP contribution in [-0.4, -0.2) is 18.7 Å². The number of carbonyl (C=O) groups is 2. The van der Waals surface area contributed by atoms with Gasteiger partial charge in [0.2, 0.25) is 0 Å². The SMILES string of the molecule is CCCCCCCCC(=O)c1cccc(C(=O)NC)c1. The molecule has 20 heavy (non-hydrogen) atoms. The van der Waals surface area contributed by atoms with Crippen molar-refractivity contribution in [2.45, 2.75) is 51.9 Å².